The molecule has 2 aromatic rings. The van der Waals surface area contributed by atoms with Gasteiger partial charge in [0.1, 0.15) is 5.82 Å². The zero-order valence-corrected chi connectivity index (χ0v) is 10.2. The smallest absolute Gasteiger partial charge is 0.272 e. The maximum absolute atomic E-state index is 13.7. The van der Waals surface area contributed by atoms with E-state index in [0.29, 0.717) is 17.4 Å². The van der Waals surface area contributed by atoms with Crippen molar-refractivity contribution < 1.29 is 14.1 Å². The number of nitrogen functional groups attached to an aromatic ring is 1. The molecule has 0 fully saturated rings. The van der Waals surface area contributed by atoms with Crippen LogP contribution in [0.4, 0.5) is 21.5 Å². The number of anilines is 2. The number of nitro groups is 1. The molecule has 6 nitrogen and oxygen atoms in total. The first-order valence-corrected chi connectivity index (χ1v) is 5.58. The van der Waals surface area contributed by atoms with Crippen LogP contribution in [0.15, 0.2) is 42.5 Å². The van der Waals surface area contributed by atoms with E-state index in [-0.39, 0.29) is 5.56 Å². The minimum Gasteiger partial charge on any atom is -0.399 e. The number of rotatable bonds is 3. The zero-order valence-electron chi connectivity index (χ0n) is 10.2. The van der Waals surface area contributed by atoms with Crippen molar-refractivity contribution in [3.8, 4) is 0 Å². The third-order valence-electron chi connectivity index (χ3n) is 2.55. The predicted molar refractivity (Wildman–Crippen MR) is 71.9 cm³/mol. The molecule has 0 unspecified atom stereocenters. The highest BCUT2D eigenvalue weighted by atomic mass is 19.1. The van der Waals surface area contributed by atoms with Gasteiger partial charge in [-0.15, -0.1) is 0 Å². The van der Waals surface area contributed by atoms with E-state index in [2.05, 4.69) is 5.32 Å². The number of hydrogen-bond donors (Lipinski definition) is 2. The Bertz CT molecular complexity index is 688. The van der Waals surface area contributed by atoms with Gasteiger partial charge in [0.2, 0.25) is 0 Å². The van der Waals surface area contributed by atoms with E-state index in [4.69, 9.17) is 5.73 Å². The van der Waals surface area contributed by atoms with Gasteiger partial charge in [-0.25, -0.2) is 4.39 Å². The van der Waals surface area contributed by atoms with Gasteiger partial charge in [0.15, 0.2) is 0 Å². The Kier molecular flexibility index (Phi) is 3.60. The average Bonchev–Trinajstić information content (AvgIpc) is 2.38. The second-order valence-electron chi connectivity index (χ2n) is 4.00. The van der Waals surface area contributed by atoms with Crippen LogP contribution in [-0.4, -0.2) is 10.8 Å². The highest BCUT2D eigenvalue weighted by molar-refractivity contribution is 6.04. The van der Waals surface area contributed by atoms with Crippen LogP contribution in [0, 0.1) is 15.9 Å². The molecular formula is C13H10FN3O3. The molecule has 3 N–H and O–H groups in total. The average molecular weight is 275 g/mol. The SMILES string of the molecule is Nc1cccc(NC(=O)c2ccc([N+](=O)[O-])cc2F)c1. The standard InChI is InChI=1S/C13H10FN3O3/c14-12-7-10(17(19)20)4-5-11(12)13(18)16-9-3-1-2-8(15)6-9/h1-7H,15H2,(H,16,18). The molecular weight excluding hydrogens is 265 g/mol. The quantitative estimate of drug-likeness (QED) is 0.511. The Morgan fingerprint density at radius 2 is 2.00 bits per heavy atom. The molecule has 0 spiro atoms. The van der Waals surface area contributed by atoms with Gasteiger partial charge in [-0.2, -0.15) is 0 Å². The topological polar surface area (TPSA) is 98.3 Å². The maximum Gasteiger partial charge on any atom is 0.272 e. The summed E-state index contributed by atoms with van der Waals surface area (Å²) in [6.45, 7) is 0. The van der Waals surface area contributed by atoms with Crippen molar-refractivity contribution >= 4 is 23.0 Å². The molecule has 0 aliphatic carbocycles. The second kappa shape index (κ2) is 5.35. The number of non-ortho nitro benzene ring substituents is 1. The fourth-order valence-corrected chi connectivity index (χ4v) is 1.62. The van der Waals surface area contributed by atoms with E-state index in [0.717, 1.165) is 12.1 Å². The summed E-state index contributed by atoms with van der Waals surface area (Å²) in [6, 6.07) is 9.22. The Hall–Kier alpha value is -2.96. The first kappa shape index (κ1) is 13.5. The van der Waals surface area contributed by atoms with Crippen LogP contribution in [0.1, 0.15) is 10.4 Å². The first-order valence-electron chi connectivity index (χ1n) is 5.58. The number of nitrogens with two attached hydrogens (primary N) is 1. The Balaban J connectivity index is 2.23. The monoisotopic (exact) mass is 275 g/mol. The maximum atomic E-state index is 13.7. The van der Waals surface area contributed by atoms with Crippen molar-refractivity contribution in [3.63, 3.8) is 0 Å². The number of nitro benzene ring substituents is 1. The van der Waals surface area contributed by atoms with Crippen LogP contribution < -0.4 is 11.1 Å². The molecule has 0 radical (unpaired) electrons. The molecule has 20 heavy (non-hydrogen) atoms. The van der Waals surface area contributed by atoms with E-state index in [1.54, 1.807) is 18.2 Å². The first-order chi connectivity index (χ1) is 9.47. The van der Waals surface area contributed by atoms with Crippen molar-refractivity contribution in [2.75, 3.05) is 11.1 Å². The van der Waals surface area contributed by atoms with E-state index in [1.165, 1.54) is 6.07 Å². The lowest BCUT2D eigenvalue weighted by atomic mass is 10.1. The van der Waals surface area contributed by atoms with Gasteiger partial charge in [0.25, 0.3) is 11.6 Å². The molecule has 0 atom stereocenters. The summed E-state index contributed by atoms with van der Waals surface area (Å²) in [5, 5.41) is 12.9. The summed E-state index contributed by atoms with van der Waals surface area (Å²) in [4.78, 5) is 21.6. The Labute approximate surface area is 113 Å². The molecule has 2 aromatic carbocycles. The van der Waals surface area contributed by atoms with Crippen LogP contribution in [0.5, 0.6) is 0 Å². The van der Waals surface area contributed by atoms with Crippen LogP contribution in [0.2, 0.25) is 0 Å². The van der Waals surface area contributed by atoms with Gasteiger partial charge in [-0.3, -0.25) is 14.9 Å². The van der Waals surface area contributed by atoms with E-state index < -0.39 is 22.3 Å². The molecule has 0 saturated heterocycles. The fraction of sp³-hybridized carbons (Fsp3) is 0. The van der Waals surface area contributed by atoms with Crippen LogP contribution in [0.25, 0.3) is 0 Å². The van der Waals surface area contributed by atoms with Crippen molar-refractivity contribution in [1.29, 1.82) is 0 Å². The van der Waals surface area contributed by atoms with Crippen molar-refractivity contribution in [3.05, 3.63) is 64.0 Å². The number of nitrogens with one attached hydrogen (secondary N) is 1. The number of amides is 1. The van der Waals surface area contributed by atoms with Gasteiger partial charge in [0, 0.05) is 17.4 Å². The number of hydrogen-bond acceptors (Lipinski definition) is 4. The molecule has 0 aliphatic rings. The second-order valence-corrected chi connectivity index (χ2v) is 4.00. The van der Waals surface area contributed by atoms with Gasteiger partial charge >= 0.3 is 0 Å². The molecule has 0 heterocycles. The molecule has 2 rings (SSSR count). The van der Waals surface area contributed by atoms with E-state index in [9.17, 15) is 19.3 Å². The largest absolute Gasteiger partial charge is 0.399 e. The molecule has 7 heteroatoms. The minimum atomic E-state index is -0.958. The Morgan fingerprint density at radius 1 is 1.25 bits per heavy atom. The summed E-state index contributed by atoms with van der Waals surface area (Å²) >= 11 is 0. The third-order valence-corrected chi connectivity index (χ3v) is 2.55. The van der Waals surface area contributed by atoms with E-state index in [1.807, 2.05) is 0 Å². The molecule has 102 valence electrons. The van der Waals surface area contributed by atoms with Gasteiger partial charge < -0.3 is 11.1 Å². The number of carbonyl (C=O) groups is 1. The lowest BCUT2D eigenvalue weighted by molar-refractivity contribution is -0.385. The zero-order chi connectivity index (χ0) is 14.7. The molecule has 0 aromatic heterocycles. The van der Waals surface area contributed by atoms with E-state index >= 15 is 0 Å². The lowest BCUT2D eigenvalue weighted by Gasteiger charge is -2.06. The highest BCUT2D eigenvalue weighted by Gasteiger charge is 2.16. The summed E-state index contributed by atoms with van der Waals surface area (Å²) in [5.74, 6) is -1.66. The number of nitrogens with zero attached hydrogens (tertiary/aromatic N) is 1. The number of carbonyl (C=O) groups excluding carboxylic acids is 1. The Morgan fingerprint density at radius 3 is 2.60 bits per heavy atom. The highest BCUT2D eigenvalue weighted by Crippen LogP contribution is 2.18. The normalized spacial score (nSPS) is 10.1. The number of halogens is 1. The van der Waals surface area contributed by atoms with Gasteiger partial charge in [0.05, 0.1) is 16.6 Å². The van der Waals surface area contributed by atoms with Crippen molar-refractivity contribution in [1.82, 2.24) is 0 Å². The number of benzene rings is 2. The molecule has 0 bridgehead atoms. The van der Waals surface area contributed by atoms with Crippen molar-refractivity contribution in [2.45, 2.75) is 0 Å². The summed E-state index contributed by atoms with van der Waals surface area (Å²) in [6.07, 6.45) is 0. The third kappa shape index (κ3) is 2.89. The van der Waals surface area contributed by atoms with Crippen LogP contribution in [-0.2, 0) is 0 Å². The molecule has 0 aliphatic heterocycles. The molecule has 1 amide bonds. The summed E-state index contributed by atoms with van der Waals surface area (Å²) in [7, 11) is 0. The summed E-state index contributed by atoms with van der Waals surface area (Å²) < 4.78 is 13.7. The summed E-state index contributed by atoms with van der Waals surface area (Å²) in [5.41, 5.74) is 5.72. The van der Waals surface area contributed by atoms with Crippen LogP contribution >= 0.6 is 0 Å². The predicted octanol–water partition coefficient (Wildman–Crippen LogP) is 2.57. The molecule has 0 saturated carbocycles. The van der Waals surface area contributed by atoms with Gasteiger partial charge in [-0.05, 0) is 24.3 Å². The van der Waals surface area contributed by atoms with Crippen molar-refractivity contribution in [2.24, 2.45) is 0 Å². The minimum absolute atomic E-state index is 0.280. The van der Waals surface area contributed by atoms with Crippen LogP contribution in [0.3, 0.4) is 0 Å². The van der Waals surface area contributed by atoms with Gasteiger partial charge in [-0.1, -0.05) is 6.07 Å². The fourth-order valence-electron chi connectivity index (χ4n) is 1.62. The lowest BCUT2D eigenvalue weighted by Crippen LogP contribution is -2.14.